The first-order chi connectivity index (χ1) is 9.47. The fourth-order valence-corrected chi connectivity index (χ4v) is 1.92. The fourth-order valence-electron chi connectivity index (χ4n) is 1.92. The Kier molecular flexibility index (Phi) is 6.44. The van der Waals surface area contributed by atoms with Crippen molar-refractivity contribution in [3.8, 4) is 0 Å². The maximum absolute atomic E-state index is 11.2. The minimum Gasteiger partial charge on any atom is -0.379 e. The molecule has 0 aliphatic heterocycles. The van der Waals surface area contributed by atoms with E-state index in [-0.39, 0.29) is 10.6 Å². The summed E-state index contributed by atoms with van der Waals surface area (Å²) in [6, 6.07) is 0. The highest BCUT2D eigenvalue weighted by Crippen LogP contribution is 2.28. The van der Waals surface area contributed by atoms with Crippen LogP contribution in [0.4, 0.5) is 11.5 Å². The molecule has 0 atom stereocenters. The lowest BCUT2D eigenvalue weighted by molar-refractivity contribution is -0.384. The second-order valence-electron chi connectivity index (χ2n) is 5.17. The molecule has 7 heteroatoms. The van der Waals surface area contributed by atoms with Crippen LogP contribution in [0.1, 0.15) is 32.9 Å². The molecular weight excluding hydrogens is 260 g/mol. The van der Waals surface area contributed by atoms with Crippen molar-refractivity contribution < 1.29 is 9.66 Å². The van der Waals surface area contributed by atoms with Crippen molar-refractivity contribution in [1.82, 2.24) is 9.78 Å². The highest BCUT2D eigenvalue weighted by molar-refractivity contribution is 5.59. The predicted molar refractivity (Wildman–Crippen MR) is 78.0 cm³/mol. The van der Waals surface area contributed by atoms with Crippen LogP contribution in [0.2, 0.25) is 0 Å². The first-order valence-corrected chi connectivity index (χ1v) is 6.99. The molecule has 1 aromatic rings. The summed E-state index contributed by atoms with van der Waals surface area (Å²) in [5.41, 5.74) is 0.615. The third-order valence-corrected chi connectivity index (χ3v) is 2.75. The Labute approximate surface area is 119 Å². The SMILES string of the molecule is CCCc1nn(C)c(NCCOCC(C)C)c1[N+](=O)[O-]. The molecule has 114 valence electrons. The van der Waals surface area contributed by atoms with E-state index in [1.807, 2.05) is 6.92 Å². The first kappa shape index (κ1) is 16.4. The summed E-state index contributed by atoms with van der Waals surface area (Å²) in [5.74, 6) is 0.934. The quantitative estimate of drug-likeness (QED) is 0.427. The third-order valence-electron chi connectivity index (χ3n) is 2.75. The number of hydrogen-bond acceptors (Lipinski definition) is 5. The van der Waals surface area contributed by atoms with Crippen LogP contribution in [0.5, 0.6) is 0 Å². The number of rotatable bonds is 9. The van der Waals surface area contributed by atoms with E-state index in [4.69, 9.17) is 4.74 Å². The maximum Gasteiger partial charge on any atom is 0.333 e. The van der Waals surface area contributed by atoms with Crippen molar-refractivity contribution in [2.75, 3.05) is 25.1 Å². The van der Waals surface area contributed by atoms with Gasteiger partial charge >= 0.3 is 5.69 Å². The number of aryl methyl sites for hydroxylation is 2. The van der Waals surface area contributed by atoms with Crippen LogP contribution >= 0.6 is 0 Å². The summed E-state index contributed by atoms with van der Waals surface area (Å²) in [4.78, 5) is 10.8. The number of nitrogens with zero attached hydrogens (tertiary/aromatic N) is 3. The van der Waals surface area contributed by atoms with Gasteiger partial charge in [0.15, 0.2) is 0 Å². The van der Waals surface area contributed by atoms with Crippen molar-refractivity contribution in [2.45, 2.75) is 33.6 Å². The molecule has 0 saturated carbocycles. The molecule has 1 N–H and O–H groups in total. The number of nitrogens with one attached hydrogen (secondary N) is 1. The summed E-state index contributed by atoms with van der Waals surface area (Å²) >= 11 is 0. The van der Waals surface area contributed by atoms with Gasteiger partial charge in [-0.3, -0.25) is 10.1 Å². The lowest BCUT2D eigenvalue weighted by Crippen LogP contribution is -2.14. The van der Waals surface area contributed by atoms with Crippen molar-refractivity contribution in [1.29, 1.82) is 0 Å². The molecule has 0 radical (unpaired) electrons. The third kappa shape index (κ3) is 4.48. The monoisotopic (exact) mass is 284 g/mol. The molecule has 1 heterocycles. The zero-order chi connectivity index (χ0) is 15.1. The number of aromatic nitrogens is 2. The molecule has 0 fully saturated rings. The Balaban J connectivity index is 2.66. The lowest BCUT2D eigenvalue weighted by Gasteiger charge is -2.08. The van der Waals surface area contributed by atoms with Crippen LogP contribution in [0.3, 0.4) is 0 Å². The van der Waals surface area contributed by atoms with E-state index in [0.717, 1.165) is 6.42 Å². The Morgan fingerprint density at radius 1 is 1.50 bits per heavy atom. The minimum atomic E-state index is -0.366. The van der Waals surface area contributed by atoms with Gasteiger partial charge in [0.25, 0.3) is 0 Å². The van der Waals surface area contributed by atoms with Gasteiger partial charge in [-0.2, -0.15) is 5.10 Å². The Hall–Kier alpha value is -1.63. The first-order valence-electron chi connectivity index (χ1n) is 6.99. The molecule has 0 unspecified atom stereocenters. The van der Waals surface area contributed by atoms with E-state index in [0.29, 0.717) is 43.6 Å². The number of nitro groups is 1. The van der Waals surface area contributed by atoms with Crippen LogP contribution < -0.4 is 5.32 Å². The second kappa shape index (κ2) is 7.84. The van der Waals surface area contributed by atoms with E-state index in [1.54, 1.807) is 7.05 Å². The van der Waals surface area contributed by atoms with Crippen molar-refractivity contribution in [3.05, 3.63) is 15.8 Å². The summed E-state index contributed by atoms with van der Waals surface area (Å²) in [6.07, 6.45) is 1.43. The molecule has 0 aliphatic rings. The molecular formula is C13H24N4O3. The molecule has 1 aromatic heterocycles. The highest BCUT2D eigenvalue weighted by Gasteiger charge is 2.25. The van der Waals surface area contributed by atoms with E-state index in [1.165, 1.54) is 4.68 Å². The van der Waals surface area contributed by atoms with Gasteiger partial charge in [-0.25, -0.2) is 4.68 Å². The van der Waals surface area contributed by atoms with Gasteiger partial charge in [-0.15, -0.1) is 0 Å². The van der Waals surface area contributed by atoms with Crippen LogP contribution in [-0.4, -0.2) is 34.5 Å². The fraction of sp³-hybridized carbons (Fsp3) is 0.769. The zero-order valence-electron chi connectivity index (χ0n) is 12.7. The molecule has 0 aliphatic carbocycles. The molecule has 0 amide bonds. The Morgan fingerprint density at radius 2 is 2.20 bits per heavy atom. The second-order valence-corrected chi connectivity index (χ2v) is 5.17. The number of hydrogen-bond donors (Lipinski definition) is 1. The molecule has 0 bridgehead atoms. The molecule has 1 rings (SSSR count). The molecule has 0 saturated heterocycles. The normalized spacial score (nSPS) is 11.1. The predicted octanol–water partition coefficient (Wildman–Crippen LogP) is 2.37. The van der Waals surface area contributed by atoms with Crippen molar-refractivity contribution in [3.63, 3.8) is 0 Å². The molecule has 7 nitrogen and oxygen atoms in total. The van der Waals surface area contributed by atoms with E-state index < -0.39 is 0 Å². The van der Waals surface area contributed by atoms with Crippen LogP contribution in [-0.2, 0) is 18.2 Å². The maximum atomic E-state index is 11.2. The summed E-state index contributed by atoms with van der Waals surface area (Å²) in [7, 11) is 1.71. The highest BCUT2D eigenvalue weighted by atomic mass is 16.6. The van der Waals surface area contributed by atoms with Gasteiger partial charge < -0.3 is 10.1 Å². The molecule has 20 heavy (non-hydrogen) atoms. The minimum absolute atomic E-state index is 0.0817. The Morgan fingerprint density at radius 3 is 2.75 bits per heavy atom. The van der Waals surface area contributed by atoms with Crippen molar-refractivity contribution >= 4 is 11.5 Å². The van der Waals surface area contributed by atoms with E-state index in [2.05, 4.69) is 24.3 Å². The largest absolute Gasteiger partial charge is 0.379 e. The van der Waals surface area contributed by atoms with Gasteiger partial charge in [-0.05, 0) is 12.3 Å². The molecule has 0 spiro atoms. The summed E-state index contributed by atoms with van der Waals surface area (Å²) in [5, 5.41) is 18.5. The van der Waals surface area contributed by atoms with Crippen LogP contribution in [0.25, 0.3) is 0 Å². The summed E-state index contributed by atoms with van der Waals surface area (Å²) in [6.45, 7) is 7.87. The topological polar surface area (TPSA) is 82.2 Å². The van der Waals surface area contributed by atoms with E-state index in [9.17, 15) is 10.1 Å². The smallest absolute Gasteiger partial charge is 0.333 e. The molecule has 0 aromatic carbocycles. The van der Waals surface area contributed by atoms with Gasteiger partial charge in [0.05, 0.1) is 11.5 Å². The standard InChI is InChI=1S/C13H24N4O3/c1-5-6-11-12(17(18)19)13(16(4)15-11)14-7-8-20-9-10(2)3/h10,14H,5-9H2,1-4H3. The average Bonchev–Trinajstić information content (AvgIpc) is 2.65. The lowest BCUT2D eigenvalue weighted by atomic mass is 10.2. The summed E-state index contributed by atoms with van der Waals surface area (Å²) < 4.78 is 6.98. The van der Waals surface area contributed by atoms with E-state index >= 15 is 0 Å². The van der Waals surface area contributed by atoms with Crippen LogP contribution in [0, 0.1) is 16.0 Å². The zero-order valence-corrected chi connectivity index (χ0v) is 12.7. The van der Waals surface area contributed by atoms with Crippen molar-refractivity contribution in [2.24, 2.45) is 13.0 Å². The van der Waals surface area contributed by atoms with Gasteiger partial charge in [0, 0.05) is 20.2 Å². The van der Waals surface area contributed by atoms with Crippen LogP contribution in [0.15, 0.2) is 0 Å². The van der Waals surface area contributed by atoms with Gasteiger partial charge in [0.2, 0.25) is 5.82 Å². The van der Waals surface area contributed by atoms with Gasteiger partial charge in [0.1, 0.15) is 5.69 Å². The average molecular weight is 284 g/mol. The number of ether oxygens (including phenoxy) is 1. The number of anilines is 1. The van der Waals surface area contributed by atoms with Gasteiger partial charge in [-0.1, -0.05) is 27.2 Å². The Bertz CT molecular complexity index is 443.